The second kappa shape index (κ2) is 12.4. The van der Waals surface area contributed by atoms with Gasteiger partial charge in [0.25, 0.3) is 5.91 Å². The summed E-state index contributed by atoms with van der Waals surface area (Å²) >= 11 is 1.63. The number of carbonyl (C=O) groups excluding carboxylic acids is 3. The third-order valence-corrected chi connectivity index (χ3v) is 10.9. The minimum absolute atomic E-state index is 0.0493. The van der Waals surface area contributed by atoms with E-state index >= 15 is 0 Å². The molecule has 5 rings (SSSR count). The van der Waals surface area contributed by atoms with Crippen molar-refractivity contribution in [1.82, 2.24) is 9.80 Å². The normalized spacial score (nSPS) is 26.5. The molecule has 3 aliphatic rings. The van der Waals surface area contributed by atoms with E-state index in [4.69, 9.17) is 4.74 Å². The Morgan fingerprint density at radius 2 is 1.81 bits per heavy atom. The Hall–Kier alpha value is -3.56. The van der Waals surface area contributed by atoms with Gasteiger partial charge >= 0.3 is 0 Å². The van der Waals surface area contributed by atoms with Crippen molar-refractivity contribution in [1.29, 1.82) is 0 Å². The van der Waals surface area contributed by atoms with E-state index in [0.29, 0.717) is 30.8 Å². The van der Waals surface area contributed by atoms with E-state index in [1.54, 1.807) is 64.9 Å². The first-order valence-electron chi connectivity index (χ1n) is 14.4. The molecule has 9 heteroatoms. The Bertz CT molecular complexity index is 1330. The molecule has 0 aliphatic carbocycles. The highest BCUT2D eigenvalue weighted by Gasteiger charge is 2.74. The van der Waals surface area contributed by atoms with E-state index in [1.807, 2.05) is 42.5 Å². The van der Waals surface area contributed by atoms with Crippen molar-refractivity contribution in [3.8, 4) is 5.75 Å². The van der Waals surface area contributed by atoms with E-state index in [0.717, 1.165) is 12.0 Å². The fourth-order valence-electron chi connectivity index (χ4n) is 7.08. The van der Waals surface area contributed by atoms with Gasteiger partial charge in [0.05, 0.1) is 36.3 Å². The van der Waals surface area contributed by atoms with E-state index < -0.39 is 28.7 Å². The Labute approximate surface area is 252 Å². The maximum Gasteiger partial charge on any atom is 0.251 e. The van der Waals surface area contributed by atoms with Crippen LogP contribution >= 0.6 is 11.8 Å². The minimum atomic E-state index is -0.851. The number of hydrogen-bond acceptors (Lipinski definition) is 6. The maximum atomic E-state index is 14.8. The number of aliphatic hydroxyl groups is 1. The maximum absolute atomic E-state index is 14.8. The smallest absolute Gasteiger partial charge is 0.251 e. The van der Waals surface area contributed by atoms with Gasteiger partial charge < -0.3 is 24.5 Å². The van der Waals surface area contributed by atoms with Crippen LogP contribution in [0.4, 0.5) is 5.69 Å². The molecule has 3 heterocycles. The number of likely N-dealkylation sites (tertiary alicyclic amines) is 1. The Morgan fingerprint density at radius 3 is 2.43 bits per heavy atom. The average molecular weight is 590 g/mol. The van der Waals surface area contributed by atoms with Gasteiger partial charge in [-0.3, -0.25) is 14.4 Å². The number of aliphatic hydroxyl groups excluding tert-OH is 1. The molecule has 0 radical (unpaired) electrons. The van der Waals surface area contributed by atoms with E-state index in [-0.39, 0.29) is 36.1 Å². The lowest BCUT2D eigenvalue weighted by atomic mass is 9.70. The topological polar surface area (TPSA) is 90.4 Å². The number of hydrogen-bond donors (Lipinski definition) is 1. The molecule has 222 valence electrons. The van der Waals surface area contributed by atoms with Gasteiger partial charge in [0, 0.05) is 31.1 Å². The number of thioether (sulfide) groups is 1. The van der Waals surface area contributed by atoms with Crippen molar-refractivity contribution >= 4 is 35.2 Å². The van der Waals surface area contributed by atoms with Gasteiger partial charge in [0.15, 0.2) is 0 Å². The van der Waals surface area contributed by atoms with Crippen molar-refractivity contribution < 1.29 is 24.2 Å². The predicted molar refractivity (Wildman–Crippen MR) is 165 cm³/mol. The molecule has 42 heavy (non-hydrogen) atoms. The Morgan fingerprint density at radius 1 is 1.12 bits per heavy atom. The SMILES string of the molecule is C=CCN(C)C(=O)[C@@H]1[C@H]2C(=O)N([C@@H](CO)Cc3ccccc3)C(C(=O)N(CC=C)c3ccc(OC)cc3)C23CC[C@H]1S3. The van der Waals surface area contributed by atoms with Gasteiger partial charge in [-0.05, 0) is 49.1 Å². The summed E-state index contributed by atoms with van der Waals surface area (Å²) in [7, 11) is 3.32. The summed E-state index contributed by atoms with van der Waals surface area (Å²) in [5.41, 5.74) is 1.62. The van der Waals surface area contributed by atoms with Crippen LogP contribution < -0.4 is 9.64 Å². The summed E-state index contributed by atoms with van der Waals surface area (Å²) < 4.78 is 4.55. The van der Waals surface area contributed by atoms with Crippen LogP contribution in [0.25, 0.3) is 0 Å². The van der Waals surface area contributed by atoms with Gasteiger partial charge in [-0.2, -0.15) is 0 Å². The molecular weight excluding hydrogens is 550 g/mol. The van der Waals surface area contributed by atoms with Crippen molar-refractivity contribution in [2.24, 2.45) is 11.8 Å². The molecule has 6 atom stereocenters. The van der Waals surface area contributed by atoms with Crippen molar-refractivity contribution in [2.45, 2.75) is 41.3 Å². The standard InChI is InChI=1S/C33H39N3O5S/c1-5-18-34(3)30(38)27-26-16-17-33(42-26)28(27)31(39)36(24(21-37)20-22-10-8-7-9-11-22)29(33)32(40)35(19-6-2)23-12-14-25(41-4)15-13-23/h5-15,24,26-29,37H,1-2,16-21H2,3-4H3/t24-,26-,27+,28+,29?,33?/m1/s1. The van der Waals surface area contributed by atoms with Crippen LogP contribution in [0.1, 0.15) is 18.4 Å². The molecule has 3 aliphatic heterocycles. The van der Waals surface area contributed by atoms with Crippen molar-refractivity contribution in [3.63, 3.8) is 0 Å². The van der Waals surface area contributed by atoms with E-state index in [9.17, 15) is 19.5 Å². The summed E-state index contributed by atoms with van der Waals surface area (Å²) in [5, 5.41) is 10.7. The molecule has 3 fully saturated rings. The van der Waals surface area contributed by atoms with Crippen LogP contribution in [-0.4, -0.2) is 88.6 Å². The molecule has 2 unspecified atom stereocenters. The average Bonchev–Trinajstić information content (AvgIpc) is 3.66. The zero-order valence-corrected chi connectivity index (χ0v) is 25.0. The zero-order chi connectivity index (χ0) is 30.0. The van der Waals surface area contributed by atoms with Crippen LogP contribution in [0.15, 0.2) is 79.9 Å². The summed E-state index contributed by atoms with van der Waals surface area (Å²) in [6.07, 6.45) is 5.13. The molecule has 1 N–H and O–H groups in total. The van der Waals surface area contributed by atoms with Crippen molar-refractivity contribution in [2.75, 3.05) is 38.8 Å². The van der Waals surface area contributed by atoms with Gasteiger partial charge in [0.1, 0.15) is 11.8 Å². The quantitative estimate of drug-likeness (QED) is 0.381. The first-order valence-corrected chi connectivity index (χ1v) is 15.3. The fraction of sp³-hybridized carbons (Fsp3) is 0.424. The molecular formula is C33H39N3O5S. The predicted octanol–water partition coefficient (Wildman–Crippen LogP) is 3.55. The highest BCUT2D eigenvalue weighted by molar-refractivity contribution is 8.02. The third-order valence-electron chi connectivity index (χ3n) is 8.92. The lowest BCUT2D eigenvalue weighted by Gasteiger charge is -2.39. The van der Waals surface area contributed by atoms with Crippen LogP contribution in [-0.2, 0) is 20.8 Å². The van der Waals surface area contributed by atoms with Gasteiger partial charge in [-0.25, -0.2) is 0 Å². The summed E-state index contributed by atoms with van der Waals surface area (Å²) in [6, 6.07) is 15.4. The minimum Gasteiger partial charge on any atom is -0.497 e. The number of carbonyl (C=O) groups is 3. The zero-order valence-electron chi connectivity index (χ0n) is 24.2. The van der Waals surface area contributed by atoms with Gasteiger partial charge in [0.2, 0.25) is 11.8 Å². The highest BCUT2D eigenvalue weighted by atomic mass is 32.2. The summed E-state index contributed by atoms with van der Waals surface area (Å²) in [5.74, 6) is -1.08. The molecule has 2 bridgehead atoms. The molecule has 1 spiro atoms. The number of benzene rings is 2. The molecule has 8 nitrogen and oxygen atoms in total. The molecule has 2 aromatic carbocycles. The molecule has 2 aromatic rings. The number of anilines is 1. The highest BCUT2D eigenvalue weighted by Crippen LogP contribution is 2.67. The lowest BCUT2D eigenvalue weighted by Crippen LogP contribution is -2.58. The van der Waals surface area contributed by atoms with Crippen LogP contribution in [0.5, 0.6) is 5.75 Å². The first-order chi connectivity index (χ1) is 20.3. The summed E-state index contributed by atoms with van der Waals surface area (Å²) in [4.78, 5) is 48.0. The van der Waals surface area contributed by atoms with Gasteiger partial charge in [-0.1, -0.05) is 42.5 Å². The third kappa shape index (κ3) is 5.02. The van der Waals surface area contributed by atoms with Crippen molar-refractivity contribution in [3.05, 3.63) is 85.5 Å². The van der Waals surface area contributed by atoms with Crippen LogP contribution in [0.3, 0.4) is 0 Å². The fourth-order valence-corrected chi connectivity index (χ4v) is 9.27. The molecule has 3 saturated heterocycles. The Balaban J connectivity index is 1.60. The van der Waals surface area contributed by atoms with E-state index in [1.165, 1.54) is 0 Å². The second-order valence-electron chi connectivity index (χ2n) is 11.3. The molecule has 0 saturated carbocycles. The van der Waals surface area contributed by atoms with Gasteiger partial charge in [-0.15, -0.1) is 24.9 Å². The Kier molecular flexibility index (Phi) is 8.80. The number of amides is 3. The summed E-state index contributed by atoms with van der Waals surface area (Å²) in [6.45, 7) is 7.97. The number of rotatable bonds is 12. The second-order valence-corrected chi connectivity index (χ2v) is 12.9. The van der Waals surface area contributed by atoms with E-state index in [2.05, 4.69) is 13.2 Å². The number of ether oxygens (including phenoxy) is 1. The first kappa shape index (κ1) is 29.9. The number of likely N-dealkylation sites (N-methyl/N-ethyl adjacent to an activating group) is 1. The van der Waals surface area contributed by atoms with Crippen LogP contribution in [0, 0.1) is 11.8 Å². The lowest BCUT2D eigenvalue weighted by molar-refractivity contribution is -0.144. The monoisotopic (exact) mass is 589 g/mol. The number of methoxy groups -OCH3 is 1. The number of nitrogens with zero attached hydrogens (tertiary/aromatic N) is 3. The van der Waals surface area contributed by atoms with Crippen LogP contribution in [0.2, 0.25) is 0 Å². The largest absolute Gasteiger partial charge is 0.497 e. The molecule has 3 amide bonds. The number of fused-ring (bicyclic) bond motifs is 1. The molecule has 0 aromatic heterocycles.